The second-order valence-corrected chi connectivity index (χ2v) is 5.31. The maximum absolute atomic E-state index is 11.7. The highest BCUT2D eigenvalue weighted by Gasteiger charge is 2.18. The second-order valence-electron chi connectivity index (χ2n) is 5.31. The van der Waals surface area contributed by atoms with Crippen LogP contribution < -0.4 is 4.90 Å². The molecule has 1 aliphatic heterocycles. The van der Waals surface area contributed by atoms with Crippen molar-refractivity contribution in [3.05, 3.63) is 65.2 Å². The quantitative estimate of drug-likeness (QED) is 0.790. The van der Waals surface area contributed by atoms with Crippen LogP contribution in [-0.4, -0.2) is 31.6 Å². The van der Waals surface area contributed by atoms with Crippen LogP contribution in [-0.2, 0) is 0 Å². The summed E-state index contributed by atoms with van der Waals surface area (Å²) in [6.07, 6.45) is 0. The van der Waals surface area contributed by atoms with Gasteiger partial charge in [-0.3, -0.25) is 9.79 Å². The van der Waals surface area contributed by atoms with Gasteiger partial charge in [0.1, 0.15) is 0 Å². The van der Waals surface area contributed by atoms with Crippen molar-refractivity contribution in [1.29, 1.82) is 0 Å². The molecule has 1 aliphatic rings. The van der Waals surface area contributed by atoms with Crippen molar-refractivity contribution in [3.8, 4) is 0 Å². The van der Waals surface area contributed by atoms with E-state index in [1.807, 2.05) is 36.4 Å². The van der Waals surface area contributed by atoms with Crippen molar-refractivity contribution >= 4 is 17.2 Å². The Hall–Kier alpha value is -2.42. The summed E-state index contributed by atoms with van der Waals surface area (Å²) in [5.41, 5.74) is 4.95. The summed E-state index contributed by atoms with van der Waals surface area (Å²) < 4.78 is 0. The van der Waals surface area contributed by atoms with Gasteiger partial charge in [0.05, 0.1) is 12.3 Å². The van der Waals surface area contributed by atoms with Crippen LogP contribution in [0.25, 0.3) is 0 Å². The van der Waals surface area contributed by atoms with Crippen LogP contribution in [0, 0.1) is 0 Å². The first-order valence-corrected chi connectivity index (χ1v) is 7.13. The number of nitrogens with zero attached hydrogens (tertiary/aromatic N) is 2. The van der Waals surface area contributed by atoms with E-state index in [0.717, 1.165) is 41.2 Å². The topological polar surface area (TPSA) is 32.7 Å². The third kappa shape index (κ3) is 2.59. The van der Waals surface area contributed by atoms with Gasteiger partial charge in [-0.25, -0.2) is 0 Å². The van der Waals surface area contributed by atoms with Crippen LogP contribution in [0.5, 0.6) is 0 Å². The number of benzene rings is 2. The molecule has 0 saturated heterocycles. The van der Waals surface area contributed by atoms with Gasteiger partial charge in [0, 0.05) is 36.0 Å². The zero-order valence-electron chi connectivity index (χ0n) is 12.3. The molecule has 2 aromatic carbocycles. The highest BCUT2D eigenvalue weighted by atomic mass is 16.1. The minimum absolute atomic E-state index is 0.0807. The lowest BCUT2D eigenvalue weighted by Crippen LogP contribution is -2.20. The van der Waals surface area contributed by atoms with E-state index in [4.69, 9.17) is 4.99 Å². The molecule has 0 radical (unpaired) electrons. The molecule has 0 aliphatic carbocycles. The van der Waals surface area contributed by atoms with Gasteiger partial charge in [-0.1, -0.05) is 30.3 Å². The summed E-state index contributed by atoms with van der Waals surface area (Å²) >= 11 is 0. The number of benzodiazepines with no additional fused rings is 1. The molecular formula is C18H18N2O. The normalized spacial score (nSPS) is 14.2. The predicted octanol–water partition coefficient (Wildman–Crippen LogP) is 3.18. The van der Waals surface area contributed by atoms with Crippen LogP contribution in [0.2, 0.25) is 0 Å². The van der Waals surface area contributed by atoms with Crippen LogP contribution in [0.3, 0.4) is 0 Å². The molecule has 1 heterocycles. The number of ketones is 1. The molecule has 2 aromatic rings. The van der Waals surface area contributed by atoms with Gasteiger partial charge in [-0.2, -0.15) is 0 Å². The Labute approximate surface area is 124 Å². The maximum Gasteiger partial charge on any atom is 0.159 e. The van der Waals surface area contributed by atoms with Gasteiger partial charge in [0.15, 0.2) is 5.78 Å². The first-order valence-electron chi connectivity index (χ1n) is 7.13. The van der Waals surface area contributed by atoms with Crippen LogP contribution in [0.15, 0.2) is 53.5 Å². The zero-order valence-corrected chi connectivity index (χ0v) is 12.3. The minimum Gasteiger partial charge on any atom is -0.372 e. The highest BCUT2D eigenvalue weighted by molar-refractivity contribution is 6.17. The molecule has 0 spiro atoms. The first-order chi connectivity index (χ1) is 10.2. The molecule has 106 valence electrons. The van der Waals surface area contributed by atoms with E-state index in [0.29, 0.717) is 0 Å². The summed E-state index contributed by atoms with van der Waals surface area (Å²) in [6.45, 7) is 3.23. The molecule has 0 unspecified atom stereocenters. The summed E-state index contributed by atoms with van der Waals surface area (Å²) in [5.74, 6) is 0.0807. The summed E-state index contributed by atoms with van der Waals surface area (Å²) in [5, 5.41) is 0. The lowest BCUT2D eigenvalue weighted by molar-refractivity contribution is 0.101. The predicted molar refractivity (Wildman–Crippen MR) is 86.7 cm³/mol. The minimum atomic E-state index is 0.0807. The number of Topliss-reactive ketones (excluding diaryl/α,β-unsaturated/α-hetero) is 1. The van der Waals surface area contributed by atoms with E-state index in [-0.39, 0.29) is 5.78 Å². The third-order valence-corrected chi connectivity index (χ3v) is 3.82. The average molecular weight is 278 g/mol. The van der Waals surface area contributed by atoms with E-state index < -0.39 is 0 Å². The number of hydrogen-bond donors (Lipinski definition) is 0. The van der Waals surface area contributed by atoms with E-state index in [9.17, 15) is 4.79 Å². The van der Waals surface area contributed by atoms with Gasteiger partial charge in [-0.05, 0) is 25.1 Å². The number of aliphatic imine (C=N–C) groups is 1. The van der Waals surface area contributed by atoms with Crippen LogP contribution >= 0.6 is 0 Å². The molecule has 3 nitrogen and oxygen atoms in total. The molecule has 0 N–H and O–H groups in total. The van der Waals surface area contributed by atoms with Crippen molar-refractivity contribution in [2.75, 3.05) is 25.0 Å². The Morgan fingerprint density at radius 2 is 1.90 bits per heavy atom. The van der Waals surface area contributed by atoms with E-state index in [1.165, 1.54) is 0 Å². The Morgan fingerprint density at radius 1 is 1.14 bits per heavy atom. The van der Waals surface area contributed by atoms with Crippen LogP contribution in [0.4, 0.5) is 5.69 Å². The number of anilines is 1. The Morgan fingerprint density at radius 3 is 2.62 bits per heavy atom. The molecule has 3 heteroatoms. The van der Waals surface area contributed by atoms with Crippen molar-refractivity contribution in [2.24, 2.45) is 4.99 Å². The van der Waals surface area contributed by atoms with E-state index in [1.54, 1.807) is 6.92 Å². The molecule has 0 amide bonds. The standard InChI is InChI=1S/C18H18N2O/c1-13(21)15-8-9-17-16(12-15)18(19-10-11-20(17)2)14-6-4-3-5-7-14/h3-9,12H,10-11H2,1-2H3. The fourth-order valence-corrected chi connectivity index (χ4v) is 2.64. The number of carbonyl (C=O) groups excluding carboxylic acids is 1. The molecule has 21 heavy (non-hydrogen) atoms. The molecule has 0 aromatic heterocycles. The fourth-order valence-electron chi connectivity index (χ4n) is 2.64. The van der Waals surface area contributed by atoms with E-state index >= 15 is 0 Å². The molecule has 0 saturated carbocycles. The van der Waals surface area contributed by atoms with Gasteiger partial charge >= 0.3 is 0 Å². The van der Waals surface area contributed by atoms with Gasteiger partial charge in [-0.15, -0.1) is 0 Å². The largest absolute Gasteiger partial charge is 0.372 e. The number of carbonyl (C=O) groups is 1. The molecular weight excluding hydrogens is 260 g/mol. The lowest BCUT2D eigenvalue weighted by Gasteiger charge is -2.20. The number of likely N-dealkylation sites (N-methyl/N-ethyl adjacent to an activating group) is 1. The van der Waals surface area contributed by atoms with Crippen molar-refractivity contribution in [2.45, 2.75) is 6.92 Å². The second kappa shape index (κ2) is 5.52. The summed E-state index contributed by atoms with van der Waals surface area (Å²) in [6, 6.07) is 16.0. The average Bonchev–Trinajstić information content (AvgIpc) is 2.67. The number of hydrogen-bond acceptors (Lipinski definition) is 3. The van der Waals surface area contributed by atoms with Gasteiger partial charge < -0.3 is 4.90 Å². The lowest BCUT2D eigenvalue weighted by atomic mass is 9.97. The Kier molecular flexibility index (Phi) is 3.57. The zero-order chi connectivity index (χ0) is 14.8. The van der Waals surface area contributed by atoms with Crippen LogP contribution in [0.1, 0.15) is 28.4 Å². The van der Waals surface area contributed by atoms with Crippen molar-refractivity contribution in [3.63, 3.8) is 0 Å². The summed E-state index contributed by atoms with van der Waals surface area (Å²) in [7, 11) is 2.07. The number of rotatable bonds is 2. The highest BCUT2D eigenvalue weighted by Crippen LogP contribution is 2.26. The van der Waals surface area contributed by atoms with Gasteiger partial charge in [0.25, 0.3) is 0 Å². The SMILES string of the molecule is CC(=O)c1ccc2c(c1)C(c1ccccc1)=NCCN2C. The third-order valence-electron chi connectivity index (χ3n) is 3.82. The Balaban J connectivity index is 2.19. The molecule has 3 rings (SSSR count). The molecule has 0 atom stereocenters. The maximum atomic E-state index is 11.7. The fraction of sp³-hybridized carbons (Fsp3) is 0.222. The monoisotopic (exact) mass is 278 g/mol. The first kappa shape index (κ1) is 13.6. The molecule has 0 bridgehead atoms. The smallest absolute Gasteiger partial charge is 0.159 e. The van der Waals surface area contributed by atoms with Crippen molar-refractivity contribution < 1.29 is 4.79 Å². The number of fused-ring (bicyclic) bond motifs is 1. The van der Waals surface area contributed by atoms with E-state index in [2.05, 4.69) is 24.1 Å². The molecule has 0 fully saturated rings. The Bertz CT molecular complexity index is 704. The summed E-state index contributed by atoms with van der Waals surface area (Å²) in [4.78, 5) is 18.6. The van der Waals surface area contributed by atoms with Gasteiger partial charge in [0.2, 0.25) is 0 Å². The van der Waals surface area contributed by atoms with Crippen molar-refractivity contribution in [1.82, 2.24) is 0 Å².